The van der Waals surface area contributed by atoms with E-state index in [-0.39, 0.29) is 31.3 Å². The maximum absolute atomic E-state index is 14.0. The fourth-order valence-corrected chi connectivity index (χ4v) is 5.04. The number of benzene rings is 4. The maximum atomic E-state index is 14.0. The second-order valence-corrected chi connectivity index (χ2v) is 10.4. The lowest BCUT2D eigenvalue weighted by Crippen LogP contribution is -2.50. The van der Waals surface area contributed by atoms with Crippen molar-refractivity contribution in [2.75, 3.05) is 14.2 Å². The van der Waals surface area contributed by atoms with Gasteiger partial charge in [0, 0.05) is 29.6 Å². The molecule has 4 rings (SSSR count). The second kappa shape index (κ2) is 14.6. The molecular formula is C33H32Cl2N2O4. The van der Waals surface area contributed by atoms with Crippen molar-refractivity contribution in [1.29, 1.82) is 0 Å². The minimum atomic E-state index is -0.781. The van der Waals surface area contributed by atoms with Gasteiger partial charge < -0.3 is 19.7 Å². The van der Waals surface area contributed by atoms with Crippen LogP contribution in [0.1, 0.15) is 22.3 Å². The van der Waals surface area contributed by atoms with Crippen molar-refractivity contribution in [1.82, 2.24) is 10.2 Å². The van der Waals surface area contributed by atoms with E-state index in [4.69, 9.17) is 32.7 Å². The molecule has 8 heteroatoms. The van der Waals surface area contributed by atoms with Gasteiger partial charge in [0.25, 0.3) is 0 Å². The highest BCUT2D eigenvalue weighted by Crippen LogP contribution is 2.28. The summed E-state index contributed by atoms with van der Waals surface area (Å²) in [7, 11) is 3.12. The Balaban J connectivity index is 1.66. The smallest absolute Gasteiger partial charge is 0.243 e. The highest BCUT2D eigenvalue weighted by atomic mass is 35.5. The molecule has 0 aliphatic carbocycles. The summed E-state index contributed by atoms with van der Waals surface area (Å²) < 4.78 is 10.8. The molecule has 0 bridgehead atoms. The first-order valence-electron chi connectivity index (χ1n) is 13.2. The first kappa shape index (κ1) is 30.0. The fourth-order valence-electron chi connectivity index (χ4n) is 4.57. The number of carbonyl (C=O) groups is 2. The van der Waals surface area contributed by atoms with Crippen LogP contribution < -0.4 is 14.8 Å². The molecule has 4 aromatic carbocycles. The number of halogens is 2. The predicted molar refractivity (Wildman–Crippen MR) is 162 cm³/mol. The molecule has 212 valence electrons. The molecule has 0 saturated heterocycles. The number of nitrogens with one attached hydrogen (secondary N) is 1. The summed E-state index contributed by atoms with van der Waals surface area (Å²) in [6, 6.07) is 29.1. The van der Waals surface area contributed by atoms with Gasteiger partial charge in [-0.15, -0.1) is 0 Å². The molecule has 2 amide bonds. The number of hydrogen-bond donors (Lipinski definition) is 1. The number of rotatable bonds is 12. The largest absolute Gasteiger partial charge is 0.493 e. The highest BCUT2D eigenvalue weighted by molar-refractivity contribution is 6.35. The predicted octanol–water partition coefficient (Wildman–Crippen LogP) is 6.51. The normalized spacial score (nSPS) is 11.4. The Labute approximate surface area is 250 Å². The van der Waals surface area contributed by atoms with Gasteiger partial charge in [0.2, 0.25) is 11.8 Å². The van der Waals surface area contributed by atoms with Crippen molar-refractivity contribution in [2.24, 2.45) is 0 Å². The Morgan fingerprint density at radius 3 is 2.07 bits per heavy atom. The molecule has 0 saturated carbocycles. The van der Waals surface area contributed by atoms with Gasteiger partial charge in [0.05, 0.1) is 20.6 Å². The topological polar surface area (TPSA) is 67.9 Å². The van der Waals surface area contributed by atoms with Crippen molar-refractivity contribution in [3.8, 4) is 11.5 Å². The molecule has 0 fully saturated rings. The van der Waals surface area contributed by atoms with Crippen LogP contribution >= 0.6 is 23.2 Å². The van der Waals surface area contributed by atoms with Crippen LogP contribution in [0, 0.1) is 0 Å². The standard InChI is InChI=1S/C33H32Cl2N2O4/c1-40-30-16-13-25(18-31(30)41-2)19-32(38)37(22-24-11-7-4-8-12-24)29(17-23-9-5-3-6-10-23)33(39)36-21-26-14-15-27(34)20-28(26)35/h3-16,18,20,29H,17,19,21-22H2,1-2H3,(H,36,39)/t29-/m1/s1. The molecule has 6 nitrogen and oxygen atoms in total. The Morgan fingerprint density at radius 2 is 1.44 bits per heavy atom. The number of ether oxygens (including phenoxy) is 2. The van der Waals surface area contributed by atoms with Crippen LogP contribution in [0.2, 0.25) is 10.0 Å². The van der Waals surface area contributed by atoms with Crippen molar-refractivity contribution in [2.45, 2.75) is 32.0 Å². The molecule has 0 radical (unpaired) electrons. The van der Waals surface area contributed by atoms with E-state index >= 15 is 0 Å². The molecular weight excluding hydrogens is 559 g/mol. The van der Waals surface area contributed by atoms with Gasteiger partial charge in [0.15, 0.2) is 11.5 Å². The molecule has 0 aliphatic heterocycles. The van der Waals surface area contributed by atoms with Gasteiger partial charge in [-0.05, 0) is 46.5 Å². The number of methoxy groups -OCH3 is 2. The number of hydrogen-bond acceptors (Lipinski definition) is 4. The van der Waals surface area contributed by atoms with E-state index in [1.807, 2.05) is 66.7 Å². The third kappa shape index (κ3) is 8.26. The van der Waals surface area contributed by atoms with Crippen molar-refractivity contribution >= 4 is 35.0 Å². The van der Waals surface area contributed by atoms with Gasteiger partial charge in [-0.1, -0.05) is 96.0 Å². The van der Waals surface area contributed by atoms with Crippen LogP contribution in [0.3, 0.4) is 0 Å². The number of carbonyl (C=O) groups excluding carboxylic acids is 2. The highest BCUT2D eigenvalue weighted by Gasteiger charge is 2.30. The average molecular weight is 592 g/mol. The summed E-state index contributed by atoms with van der Waals surface area (Å²) in [6.45, 7) is 0.461. The van der Waals surface area contributed by atoms with Gasteiger partial charge in [-0.3, -0.25) is 9.59 Å². The molecule has 1 atom stereocenters. The molecule has 1 N–H and O–H groups in total. The number of amides is 2. The summed E-state index contributed by atoms with van der Waals surface area (Å²) in [5.74, 6) is 0.635. The molecule has 0 aromatic heterocycles. The lowest BCUT2D eigenvalue weighted by atomic mass is 10.0. The Kier molecular flexibility index (Phi) is 10.7. The van der Waals surface area contributed by atoms with E-state index in [9.17, 15) is 9.59 Å². The zero-order valence-electron chi connectivity index (χ0n) is 23.0. The molecule has 4 aromatic rings. The Bertz CT molecular complexity index is 1470. The molecule has 0 heterocycles. The fraction of sp³-hybridized carbons (Fsp3) is 0.212. The third-order valence-corrected chi connectivity index (χ3v) is 7.33. The zero-order chi connectivity index (χ0) is 29.2. The van der Waals surface area contributed by atoms with Gasteiger partial charge in [0.1, 0.15) is 6.04 Å². The monoisotopic (exact) mass is 590 g/mol. The molecule has 41 heavy (non-hydrogen) atoms. The SMILES string of the molecule is COc1ccc(CC(=O)N(Cc2ccccc2)[C@H](Cc2ccccc2)C(=O)NCc2ccc(Cl)cc2Cl)cc1OC. The first-order chi connectivity index (χ1) is 19.9. The molecule has 0 spiro atoms. The van der Waals surface area contributed by atoms with Crippen molar-refractivity contribution < 1.29 is 19.1 Å². The van der Waals surface area contributed by atoms with E-state index in [1.165, 1.54) is 0 Å². The summed E-state index contributed by atoms with van der Waals surface area (Å²) in [4.78, 5) is 29.5. The van der Waals surface area contributed by atoms with E-state index in [1.54, 1.807) is 49.5 Å². The van der Waals surface area contributed by atoms with Crippen LogP contribution in [0.5, 0.6) is 11.5 Å². The summed E-state index contributed by atoms with van der Waals surface area (Å²) in [6.07, 6.45) is 0.417. The molecule has 0 unspecified atom stereocenters. The van der Waals surface area contributed by atoms with Crippen molar-refractivity contribution in [3.63, 3.8) is 0 Å². The Hall–Kier alpha value is -4.00. The second-order valence-electron chi connectivity index (χ2n) is 9.53. The number of nitrogens with zero attached hydrogens (tertiary/aromatic N) is 1. The lowest BCUT2D eigenvalue weighted by molar-refractivity contribution is -0.140. The van der Waals surface area contributed by atoms with E-state index < -0.39 is 6.04 Å². The van der Waals surface area contributed by atoms with Crippen molar-refractivity contribution in [3.05, 3.63) is 129 Å². The maximum Gasteiger partial charge on any atom is 0.243 e. The Morgan fingerprint density at radius 1 is 0.780 bits per heavy atom. The van der Waals surface area contributed by atoms with E-state index in [2.05, 4.69) is 5.32 Å². The third-order valence-electron chi connectivity index (χ3n) is 6.74. The summed E-state index contributed by atoms with van der Waals surface area (Å²) in [5, 5.41) is 3.98. The minimum Gasteiger partial charge on any atom is -0.493 e. The van der Waals surface area contributed by atoms with Gasteiger partial charge >= 0.3 is 0 Å². The van der Waals surface area contributed by atoms with Crippen LogP contribution in [0.4, 0.5) is 0 Å². The average Bonchev–Trinajstić information content (AvgIpc) is 2.99. The van der Waals surface area contributed by atoms with Crippen LogP contribution in [-0.4, -0.2) is 37.0 Å². The molecule has 0 aliphatic rings. The van der Waals surface area contributed by atoms with E-state index in [0.29, 0.717) is 28.0 Å². The summed E-state index contributed by atoms with van der Waals surface area (Å²) in [5.41, 5.74) is 3.33. The minimum absolute atomic E-state index is 0.0781. The zero-order valence-corrected chi connectivity index (χ0v) is 24.5. The van der Waals surface area contributed by atoms with Crippen LogP contribution in [-0.2, 0) is 35.5 Å². The van der Waals surface area contributed by atoms with Gasteiger partial charge in [-0.25, -0.2) is 0 Å². The van der Waals surface area contributed by atoms with E-state index in [0.717, 1.165) is 22.3 Å². The summed E-state index contributed by atoms with van der Waals surface area (Å²) >= 11 is 12.4. The quantitative estimate of drug-likeness (QED) is 0.204. The first-order valence-corrected chi connectivity index (χ1v) is 13.9. The van der Waals surface area contributed by atoms with Crippen LogP contribution in [0.25, 0.3) is 0 Å². The van der Waals surface area contributed by atoms with Crippen LogP contribution in [0.15, 0.2) is 97.1 Å². The lowest BCUT2D eigenvalue weighted by Gasteiger charge is -2.32. The van der Waals surface area contributed by atoms with Gasteiger partial charge in [-0.2, -0.15) is 0 Å².